The molecule has 0 spiro atoms. The van der Waals surface area contributed by atoms with Crippen LogP contribution >= 0.6 is 11.6 Å². The highest BCUT2D eigenvalue weighted by atomic mass is 35.5. The summed E-state index contributed by atoms with van der Waals surface area (Å²) in [6.45, 7) is 1.72. The molecule has 2 N–H and O–H groups in total. The maximum atomic E-state index is 14.3. The Morgan fingerprint density at radius 2 is 1.61 bits per heavy atom. The van der Waals surface area contributed by atoms with E-state index in [-0.39, 0.29) is 23.7 Å². The fraction of sp³-hybridized carbons (Fsp3) is 0.172. The van der Waals surface area contributed by atoms with Crippen molar-refractivity contribution in [1.29, 1.82) is 0 Å². The molecule has 36 heavy (non-hydrogen) atoms. The van der Waals surface area contributed by atoms with Crippen LogP contribution in [0.2, 0.25) is 5.02 Å². The molecule has 3 aromatic rings. The second-order valence-electron chi connectivity index (χ2n) is 9.00. The Hall–Kier alpha value is -3.77. The van der Waals surface area contributed by atoms with Crippen LogP contribution in [0.1, 0.15) is 42.7 Å². The van der Waals surface area contributed by atoms with Gasteiger partial charge in [0.2, 0.25) is 0 Å². The lowest BCUT2D eigenvalue weighted by atomic mass is 9.71. The fourth-order valence-electron chi connectivity index (χ4n) is 5.12. The van der Waals surface area contributed by atoms with Crippen molar-refractivity contribution in [1.82, 2.24) is 5.32 Å². The molecule has 1 aliphatic carbocycles. The van der Waals surface area contributed by atoms with Gasteiger partial charge in [-0.3, -0.25) is 9.59 Å². The molecule has 0 unspecified atom stereocenters. The number of halogens is 3. The van der Waals surface area contributed by atoms with Gasteiger partial charge in [0.15, 0.2) is 5.78 Å². The van der Waals surface area contributed by atoms with Crippen molar-refractivity contribution < 1.29 is 18.4 Å². The molecule has 0 bridgehead atoms. The quantitative estimate of drug-likeness (QED) is 0.420. The van der Waals surface area contributed by atoms with E-state index in [1.165, 1.54) is 6.07 Å². The average Bonchev–Trinajstić information content (AvgIpc) is 2.86. The molecule has 1 heterocycles. The Labute approximate surface area is 212 Å². The summed E-state index contributed by atoms with van der Waals surface area (Å²) in [5, 5.41) is 6.03. The monoisotopic (exact) mass is 504 g/mol. The number of carbonyl (C=O) groups excluding carboxylic acids is 2. The molecule has 2 atom stereocenters. The summed E-state index contributed by atoms with van der Waals surface area (Å²) in [5.41, 5.74) is 2.98. The number of allylic oxidation sites excluding steroid dienone is 3. The van der Waals surface area contributed by atoms with E-state index in [2.05, 4.69) is 10.6 Å². The number of amides is 1. The molecule has 0 radical (unpaired) electrons. The van der Waals surface area contributed by atoms with Crippen LogP contribution in [0.25, 0.3) is 0 Å². The number of Topliss-reactive ketones (excluding diaryl/α,β-unsaturated/α-hetero) is 1. The van der Waals surface area contributed by atoms with E-state index in [1.54, 1.807) is 31.2 Å². The van der Waals surface area contributed by atoms with E-state index >= 15 is 0 Å². The molecule has 0 aromatic heterocycles. The number of rotatable bonds is 4. The highest BCUT2D eigenvalue weighted by molar-refractivity contribution is 6.31. The number of ketones is 1. The third kappa shape index (κ3) is 4.33. The molecular formula is C29H23ClF2N2O2. The van der Waals surface area contributed by atoms with Crippen molar-refractivity contribution >= 4 is 29.0 Å². The first kappa shape index (κ1) is 23.9. The van der Waals surface area contributed by atoms with Gasteiger partial charge in [-0.2, -0.15) is 0 Å². The van der Waals surface area contributed by atoms with Crippen LogP contribution in [-0.2, 0) is 9.59 Å². The molecule has 0 saturated heterocycles. The van der Waals surface area contributed by atoms with Crippen LogP contribution in [0.15, 0.2) is 95.3 Å². The predicted octanol–water partition coefficient (Wildman–Crippen LogP) is 6.62. The van der Waals surface area contributed by atoms with Gasteiger partial charge in [0.05, 0.1) is 0 Å². The summed E-state index contributed by atoms with van der Waals surface area (Å²) < 4.78 is 28.6. The zero-order valence-corrected chi connectivity index (χ0v) is 20.2. The molecule has 4 nitrogen and oxygen atoms in total. The topological polar surface area (TPSA) is 58.2 Å². The normalized spacial score (nSPS) is 19.6. The lowest BCUT2D eigenvalue weighted by Gasteiger charge is -2.37. The largest absolute Gasteiger partial charge is 0.362 e. The molecule has 1 amide bonds. The Balaban J connectivity index is 1.59. The van der Waals surface area contributed by atoms with Crippen LogP contribution in [0.5, 0.6) is 0 Å². The standard InChI is InChI=1S/C29H23ClF2N2O2/c1-16-25(29(36)34-28-21(31)12-7-13-22(28)32)26(19-10-5-6-11-20(19)30)27-23(33-16)14-18(15-24(27)35)17-8-3-2-4-9-17/h2-13,18,26,33H,14-15H2,1H3,(H,34,36)/t18-,26+/m1/s1. The van der Waals surface area contributed by atoms with E-state index in [4.69, 9.17) is 11.6 Å². The van der Waals surface area contributed by atoms with Crippen molar-refractivity contribution in [3.05, 3.63) is 123 Å². The molecule has 1 aliphatic heterocycles. The second-order valence-corrected chi connectivity index (χ2v) is 9.41. The SMILES string of the molecule is CC1=C(C(=O)Nc2c(F)cccc2F)[C@H](c2ccccc2Cl)C2=C(C[C@@H](c3ccccc3)CC2=O)N1. The Kier molecular flexibility index (Phi) is 6.46. The molecular weight excluding hydrogens is 482 g/mol. The number of carbonyl (C=O) groups is 2. The van der Waals surface area contributed by atoms with E-state index in [9.17, 15) is 18.4 Å². The Bertz CT molecular complexity index is 1410. The first-order chi connectivity index (χ1) is 17.3. The molecule has 0 fully saturated rings. The molecule has 2 aliphatic rings. The van der Waals surface area contributed by atoms with E-state index in [0.717, 1.165) is 23.4 Å². The van der Waals surface area contributed by atoms with Gasteiger partial charge >= 0.3 is 0 Å². The van der Waals surface area contributed by atoms with Gasteiger partial charge in [-0.05, 0) is 48.6 Å². The van der Waals surface area contributed by atoms with Crippen molar-refractivity contribution in [3.63, 3.8) is 0 Å². The fourth-order valence-corrected chi connectivity index (χ4v) is 5.36. The number of hydrogen-bond donors (Lipinski definition) is 2. The molecule has 182 valence electrons. The van der Waals surface area contributed by atoms with Gasteiger partial charge in [-0.1, -0.05) is 66.2 Å². The first-order valence-corrected chi connectivity index (χ1v) is 12.0. The van der Waals surface area contributed by atoms with Crippen LogP contribution in [0, 0.1) is 11.6 Å². The third-order valence-electron chi connectivity index (χ3n) is 6.76. The number of hydrogen-bond acceptors (Lipinski definition) is 3. The first-order valence-electron chi connectivity index (χ1n) is 11.6. The summed E-state index contributed by atoms with van der Waals surface area (Å²) in [7, 11) is 0. The highest BCUT2D eigenvalue weighted by Gasteiger charge is 2.41. The summed E-state index contributed by atoms with van der Waals surface area (Å²) in [4.78, 5) is 27.2. The zero-order valence-electron chi connectivity index (χ0n) is 19.4. The van der Waals surface area contributed by atoms with Crippen molar-refractivity contribution in [3.8, 4) is 0 Å². The summed E-state index contributed by atoms with van der Waals surface area (Å²) in [6, 6.07) is 20.2. The van der Waals surface area contributed by atoms with Crippen LogP contribution < -0.4 is 10.6 Å². The van der Waals surface area contributed by atoms with Gasteiger partial charge in [0, 0.05) is 39.9 Å². The van der Waals surface area contributed by atoms with Gasteiger partial charge in [-0.25, -0.2) is 8.78 Å². The van der Waals surface area contributed by atoms with Gasteiger partial charge < -0.3 is 10.6 Å². The number of benzene rings is 3. The van der Waals surface area contributed by atoms with Crippen molar-refractivity contribution in [2.75, 3.05) is 5.32 Å². The van der Waals surface area contributed by atoms with E-state index < -0.39 is 29.1 Å². The van der Waals surface area contributed by atoms with Crippen molar-refractivity contribution in [2.45, 2.75) is 31.6 Å². The van der Waals surface area contributed by atoms with E-state index in [1.807, 2.05) is 30.3 Å². The lowest BCUT2D eigenvalue weighted by molar-refractivity contribution is -0.116. The maximum absolute atomic E-state index is 14.3. The predicted molar refractivity (Wildman–Crippen MR) is 135 cm³/mol. The molecule has 3 aromatic carbocycles. The summed E-state index contributed by atoms with van der Waals surface area (Å²) >= 11 is 6.56. The van der Waals surface area contributed by atoms with Crippen molar-refractivity contribution in [2.24, 2.45) is 0 Å². The lowest BCUT2D eigenvalue weighted by Crippen LogP contribution is -2.37. The minimum atomic E-state index is -0.890. The molecule has 0 saturated carbocycles. The summed E-state index contributed by atoms with van der Waals surface area (Å²) in [5.74, 6) is -3.38. The van der Waals surface area contributed by atoms with Crippen LogP contribution in [-0.4, -0.2) is 11.7 Å². The zero-order chi connectivity index (χ0) is 25.4. The van der Waals surface area contributed by atoms with Gasteiger partial charge in [-0.15, -0.1) is 0 Å². The summed E-state index contributed by atoms with van der Waals surface area (Å²) in [6.07, 6.45) is 0.863. The minimum Gasteiger partial charge on any atom is -0.362 e. The average molecular weight is 505 g/mol. The number of nitrogens with one attached hydrogen (secondary N) is 2. The van der Waals surface area contributed by atoms with Gasteiger partial charge in [0.25, 0.3) is 5.91 Å². The maximum Gasteiger partial charge on any atom is 0.254 e. The Morgan fingerprint density at radius 1 is 0.944 bits per heavy atom. The minimum absolute atomic E-state index is 0.00691. The van der Waals surface area contributed by atoms with Crippen LogP contribution in [0.3, 0.4) is 0 Å². The smallest absolute Gasteiger partial charge is 0.254 e. The second kappa shape index (κ2) is 9.70. The molecule has 7 heteroatoms. The number of dihydropyridines is 1. The number of para-hydroxylation sites is 1. The van der Waals surface area contributed by atoms with E-state index in [0.29, 0.717) is 28.3 Å². The number of anilines is 1. The Morgan fingerprint density at radius 3 is 2.31 bits per heavy atom. The third-order valence-corrected chi connectivity index (χ3v) is 7.10. The highest BCUT2D eigenvalue weighted by Crippen LogP contribution is 2.47. The van der Waals surface area contributed by atoms with Crippen LogP contribution in [0.4, 0.5) is 14.5 Å². The van der Waals surface area contributed by atoms with Gasteiger partial charge in [0.1, 0.15) is 17.3 Å². The molecule has 5 rings (SSSR count).